The number of hydrogen-bond acceptors (Lipinski definition) is 2. The highest BCUT2D eigenvalue weighted by molar-refractivity contribution is 5.87. The molecule has 4 aliphatic rings. The van der Waals surface area contributed by atoms with Crippen LogP contribution in [-0.2, 0) is 4.79 Å². The number of allylic oxidation sites excluding steroid dienone is 1. The first-order valence-electron chi connectivity index (χ1n) is 8.86. The summed E-state index contributed by atoms with van der Waals surface area (Å²) in [6, 6.07) is 0. The Balaban J connectivity index is 1.69. The molecule has 0 aromatic heterocycles. The molecule has 6 atom stereocenters. The number of hydrogen-bond donors (Lipinski definition) is 1. The van der Waals surface area contributed by atoms with Crippen molar-refractivity contribution >= 4 is 5.78 Å². The van der Waals surface area contributed by atoms with Crippen LogP contribution < -0.4 is 0 Å². The van der Waals surface area contributed by atoms with Crippen molar-refractivity contribution in [2.24, 2.45) is 28.6 Å². The Bertz CT molecular complexity index is 508. The Hall–Kier alpha value is -0.630. The third-order valence-electron chi connectivity index (χ3n) is 7.79. The zero-order valence-corrected chi connectivity index (χ0v) is 13.4. The summed E-state index contributed by atoms with van der Waals surface area (Å²) in [7, 11) is 0. The molecule has 0 spiro atoms. The minimum absolute atomic E-state index is 0.0168. The summed E-state index contributed by atoms with van der Waals surface area (Å²) >= 11 is 0. The smallest absolute Gasteiger partial charge is 0.139 e. The molecule has 21 heavy (non-hydrogen) atoms. The summed E-state index contributed by atoms with van der Waals surface area (Å²) < 4.78 is 0. The molecule has 1 N–H and O–H groups in total. The van der Waals surface area contributed by atoms with Crippen molar-refractivity contribution in [1.29, 1.82) is 0 Å². The molecule has 4 aliphatic carbocycles. The minimum atomic E-state index is -0.122. The highest BCUT2D eigenvalue weighted by Gasteiger charge is 2.58. The number of rotatable bonds is 0. The molecule has 3 saturated carbocycles. The summed E-state index contributed by atoms with van der Waals surface area (Å²) in [6.07, 6.45) is 10.7. The van der Waals surface area contributed by atoms with Crippen LogP contribution in [0.15, 0.2) is 11.6 Å². The van der Waals surface area contributed by atoms with Gasteiger partial charge in [-0.2, -0.15) is 0 Å². The van der Waals surface area contributed by atoms with E-state index in [0.717, 1.165) is 50.9 Å². The van der Waals surface area contributed by atoms with E-state index >= 15 is 0 Å². The zero-order chi connectivity index (χ0) is 14.8. The van der Waals surface area contributed by atoms with Crippen molar-refractivity contribution in [3.05, 3.63) is 11.6 Å². The quantitative estimate of drug-likeness (QED) is 0.687. The topological polar surface area (TPSA) is 37.3 Å². The van der Waals surface area contributed by atoms with Crippen LogP contribution in [0.25, 0.3) is 0 Å². The second kappa shape index (κ2) is 4.44. The van der Waals surface area contributed by atoms with Gasteiger partial charge < -0.3 is 5.11 Å². The van der Waals surface area contributed by atoms with Gasteiger partial charge in [-0.1, -0.05) is 25.5 Å². The summed E-state index contributed by atoms with van der Waals surface area (Å²) in [4.78, 5) is 12.4. The van der Waals surface area contributed by atoms with Gasteiger partial charge in [0.25, 0.3) is 0 Å². The largest absolute Gasteiger partial charge is 0.393 e. The highest BCUT2D eigenvalue weighted by Crippen LogP contribution is 2.63. The van der Waals surface area contributed by atoms with Crippen molar-refractivity contribution in [1.82, 2.24) is 0 Å². The van der Waals surface area contributed by atoms with E-state index in [0.29, 0.717) is 23.0 Å². The first-order chi connectivity index (χ1) is 9.95. The molecular weight excluding hydrogens is 260 g/mol. The molecule has 0 saturated heterocycles. The third-order valence-corrected chi connectivity index (χ3v) is 7.79. The van der Waals surface area contributed by atoms with Gasteiger partial charge in [-0.3, -0.25) is 4.79 Å². The first-order valence-corrected chi connectivity index (χ1v) is 8.86. The van der Waals surface area contributed by atoms with Crippen LogP contribution >= 0.6 is 0 Å². The van der Waals surface area contributed by atoms with Crippen LogP contribution in [0.2, 0.25) is 0 Å². The third kappa shape index (κ3) is 1.78. The summed E-state index contributed by atoms with van der Waals surface area (Å²) in [5.41, 5.74) is 1.81. The van der Waals surface area contributed by atoms with Gasteiger partial charge in [-0.05, 0) is 68.1 Å². The summed E-state index contributed by atoms with van der Waals surface area (Å²) in [5.74, 6) is 2.60. The Morgan fingerprint density at radius 1 is 1.10 bits per heavy atom. The standard InChI is InChI=1S/C19H28O2/c1-18-9-7-13(20)11-12(18)3-4-14-15-5-6-17(21)19(15,2)10-8-16(14)18/h3,13-16,20H,4-11H2,1-2H3/t13-,14-,15-,16-,18-,19+/m1/s1. The van der Waals surface area contributed by atoms with Crippen molar-refractivity contribution in [3.63, 3.8) is 0 Å². The van der Waals surface area contributed by atoms with Crippen LogP contribution in [0.4, 0.5) is 0 Å². The van der Waals surface area contributed by atoms with Gasteiger partial charge >= 0.3 is 0 Å². The average molecular weight is 288 g/mol. The number of fused-ring (bicyclic) bond motifs is 5. The highest BCUT2D eigenvalue weighted by atomic mass is 16.3. The molecule has 2 nitrogen and oxygen atoms in total. The van der Waals surface area contributed by atoms with Crippen molar-refractivity contribution < 1.29 is 9.90 Å². The van der Waals surface area contributed by atoms with E-state index in [9.17, 15) is 9.90 Å². The van der Waals surface area contributed by atoms with Crippen LogP contribution in [-0.4, -0.2) is 17.0 Å². The Morgan fingerprint density at radius 2 is 1.81 bits per heavy atom. The van der Waals surface area contributed by atoms with Gasteiger partial charge in [0.2, 0.25) is 0 Å². The van der Waals surface area contributed by atoms with Crippen molar-refractivity contribution in [3.8, 4) is 0 Å². The maximum atomic E-state index is 12.4. The zero-order valence-electron chi connectivity index (χ0n) is 13.4. The average Bonchev–Trinajstić information content (AvgIpc) is 2.76. The van der Waals surface area contributed by atoms with E-state index in [-0.39, 0.29) is 11.5 Å². The Morgan fingerprint density at radius 3 is 2.62 bits per heavy atom. The lowest BCUT2D eigenvalue weighted by Gasteiger charge is -2.56. The molecule has 0 amide bonds. The van der Waals surface area contributed by atoms with Gasteiger partial charge in [0.15, 0.2) is 0 Å². The molecule has 0 aliphatic heterocycles. The van der Waals surface area contributed by atoms with Crippen molar-refractivity contribution in [2.45, 2.75) is 71.3 Å². The molecule has 3 fully saturated rings. The molecule has 0 heterocycles. The summed E-state index contributed by atoms with van der Waals surface area (Å²) in [6.45, 7) is 4.69. The van der Waals surface area contributed by atoms with Gasteiger partial charge in [0.05, 0.1) is 6.10 Å². The lowest BCUT2D eigenvalue weighted by Crippen LogP contribution is -2.50. The number of aliphatic hydroxyl groups is 1. The predicted octanol–water partition coefficient (Wildman–Crippen LogP) is 3.88. The molecular formula is C19H28O2. The fourth-order valence-corrected chi connectivity index (χ4v) is 6.41. The first kappa shape index (κ1) is 14.0. The maximum absolute atomic E-state index is 12.4. The second-order valence-electron chi connectivity index (χ2n) is 8.57. The molecule has 0 radical (unpaired) electrons. The number of carbonyl (C=O) groups is 1. The second-order valence-corrected chi connectivity index (χ2v) is 8.57. The van der Waals surface area contributed by atoms with E-state index in [1.165, 1.54) is 12.0 Å². The lowest BCUT2D eigenvalue weighted by molar-refractivity contribution is -0.132. The number of aliphatic hydroxyl groups excluding tert-OH is 1. The van der Waals surface area contributed by atoms with Crippen molar-refractivity contribution in [2.75, 3.05) is 0 Å². The Labute approximate surface area is 128 Å². The normalized spacial score (nSPS) is 52.7. The Kier molecular flexibility index (Phi) is 2.96. The van der Waals surface area contributed by atoms with Crippen LogP contribution in [0.1, 0.15) is 65.2 Å². The molecule has 2 heteroatoms. The van der Waals surface area contributed by atoms with Gasteiger partial charge in [-0.25, -0.2) is 0 Å². The van der Waals surface area contributed by atoms with E-state index < -0.39 is 0 Å². The molecule has 0 bridgehead atoms. The molecule has 0 aromatic rings. The van der Waals surface area contributed by atoms with Gasteiger partial charge in [0.1, 0.15) is 5.78 Å². The van der Waals surface area contributed by atoms with E-state index in [1.807, 2.05) is 0 Å². The van der Waals surface area contributed by atoms with Crippen LogP contribution in [0.3, 0.4) is 0 Å². The molecule has 116 valence electrons. The van der Waals surface area contributed by atoms with E-state index in [2.05, 4.69) is 19.9 Å². The van der Waals surface area contributed by atoms with E-state index in [4.69, 9.17) is 0 Å². The maximum Gasteiger partial charge on any atom is 0.139 e. The number of carbonyl (C=O) groups excluding carboxylic acids is 1. The molecule has 4 rings (SSSR count). The fourth-order valence-electron chi connectivity index (χ4n) is 6.41. The van der Waals surface area contributed by atoms with E-state index in [1.54, 1.807) is 0 Å². The van der Waals surface area contributed by atoms with Crippen LogP contribution in [0.5, 0.6) is 0 Å². The van der Waals surface area contributed by atoms with Gasteiger partial charge in [-0.15, -0.1) is 0 Å². The fraction of sp³-hybridized carbons (Fsp3) is 0.842. The SMILES string of the molecule is C[C@]12CC[C@@H]3[C@H](CC=C4C[C@H](O)CC[C@]43C)[C@H]1CCC2=O. The minimum Gasteiger partial charge on any atom is -0.393 e. The number of ketones is 1. The monoisotopic (exact) mass is 288 g/mol. The lowest BCUT2D eigenvalue weighted by atomic mass is 9.48. The molecule has 0 unspecified atom stereocenters. The van der Waals surface area contributed by atoms with Gasteiger partial charge in [0, 0.05) is 11.8 Å². The molecule has 0 aromatic carbocycles. The number of Topliss-reactive ketones (excluding diaryl/α,β-unsaturated/α-hetero) is 1. The van der Waals surface area contributed by atoms with Crippen LogP contribution in [0, 0.1) is 28.6 Å². The summed E-state index contributed by atoms with van der Waals surface area (Å²) in [5, 5.41) is 10.00. The predicted molar refractivity (Wildman–Crippen MR) is 82.7 cm³/mol.